The maximum absolute atomic E-state index is 6.16. The van der Waals surface area contributed by atoms with Crippen molar-refractivity contribution in [1.29, 1.82) is 0 Å². The Morgan fingerprint density at radius 1 is 1.26 bits per heavy atom. The lowest BCUT2D eigenvalue weighted by molar-refractivity contribution is 0.324. The Balaban J connectivity index is 2.16. The molecule has 0 saturated heterocycles. The molecule has 6 heteroatoms. The van der Waals surface area contributed by atoms with Crippen LogP contribution in [-0.4, -0.2) is 13.7 Å². The number of benzene rings is 2. The Morgan fingerprint density at radius 3 is 2.70 bits per heavy atom. The van der Waals surface area contributed by atoms with E-state index in [-0.39, 0.29) is 0 Å². The number of hydrogen-bond acceptors (Lipinski definition) is 3. The fourth-order valence-electron chi connectivity index (χ4n) is 1.99. The minimum Gasteiger partial charge on any atom is -0.493 e. The zero-order valence-electron chi connectivity index (χ0n) is 12.5. The molecule has 122 valence electrons. The number of hydrogen-bond donors (Lipinski definition) is 1. The van der Waals surface area contributed by atoms with Crippen molar-refractivity contribution in [3.8, 4) is 11.5 Å². The first-order chi connectivity index (χ1) is 11.0. The lowest BCUT2D eigenvalue weighted by Gasteiger charge is -2.14. The molecule has 0 unspecified atom stereocenters. The summed E-state index contributed by atoms with van der Waals surface area (Å²) in [7, 11) is 1.61. The fourth-order valence-corrected chi connectivity index (χ4v) is 3.07. The topological polar surface area (TPSA) is 30.5 Å². The summed E-state index contributed by atoms with van der Waals surface area (Å²) < 4.78 is 11.8. The zero-order chi connectivity index (χ0) is 16.8. The predicted molar refractivity (Wildman–Crippen MR) is 100 cm³/mol. The van der Waals surface area contributed by atoms with E-state index in [0.717, 1.165) is 15.7 Å². The Bertz CT molecular complexity index is 707. The molecule has 2 aromatic carbocycles. The molecule has 0 aliphatic rings. The molecule has 0 amide bonds. The van der Waals surface area contributed by atoms with Crippen molar-refractivity contribution in [2.45, 2.75) is 6.54 Å². The number of halogens is 3. The maximum Gasteiger partial charge on any atom is 0.175 e. The van der Waals surface area contributed by atoms with Crippen molar-refractivity contribution in [2.24, 2.45) is 0 Å². The Kier molecular flexibility index (Phi) is 6.63. The Labute approximate surface area is 154 Å². The summed E-state index contributed by atoms with van der Waals surface area (Å²) in [5, 5.41) is 4.46. The van der Waals surface area contributed by atoms with Gasteiger partial charge in [-0.3, -0.25) is 0 Å². The average molecular weight is 417 g/mol. The van der Waals surface area contributed by atoms with E-state index in [1.807, 2.05) is 18.2 Å². The van der Waals surface area contributed by atoms with Gasteiger partial charge in [-0.25, -0.2) is 0 Å². The van der Waals surface area contributed by atoms with E-state index < -0.39 is 0 Å². The van der Waals surface area contributed by atoms with Gasteiger partial charge in [-0.15, -0.1) is 0 Å². The molecule has 0 spiro atoms. The van der Waals surface area contributed by atoms with Crippen LogP contribution in [0.15, 0.2) is 47.5 Å². The van der Waals surface area contributed by atoms with Crippen LogP contribution in [0.25, 0.3) is 0 Å². The van der Waals surface area contributed by atoms with Crippen LogP contribution < -0.4 is 14.8 Å². The second-order valence-electron chi connectivity index (χ2n) is 4.69. The quantitative estimate of drug-likeness (QED) is 0.566. The summed E-state index contributed by atoms with van der Waals surface area (Å²) in [4.78, 5) is 0. The molecule has 0 bridgehead atoms. The van der Waals surface area contributed by atoms with Crippen LogP contribution in [0.5, 0.6) is 11.5 Å². The van der Waals surface area contributed by atoms with Gasteiger partial charge in [0, 0.05) is 11.6 Å². The van der Waals surface area contributed by atoms with Crippen LogP contribution in [0, 0.1) is 0 Å². The van der Waals surface area contributed by atoms with Crippen LogP contribution in [0.1, 0.15) is 5.56 Å². The van der Waals surface area contributed by atoms with Crippen LogP contribution in [0.3, 0.4) is 0 Å². The van der Waals surface area contributed by atoms with Gasteiger partial charge in [0.05, 0.1) is 22.3 Å². The monoisotopic (exact) mass is 415 g/mol. The summed E-state index contributed by atoms with van der Waals surface area (Å²) in [5.41, 5.74) is 1.84. The van der Waals surface area contributed by atoms with Gasteiger partial charge in [-0.2, -0.15) is 0 Å². The molecule has 2 rings (SSSR count). The van der Waals surface area contributed by atoms with E-state index in [1.54, 1.807) is 25.3 Å². The number of methoxy groups -OCH3 is 1. The molecule has 0 saturated carbocycles. The maximum atomic E-state index is 6.16. The highest BCUT2D eigenvalue weighted by atomic mass is 79.9. The SMILES string of the molecule is C=CCOc1c(Br)cc(CNc2ccc(Cl)cc2Cl)cc1OC. The molecule has 0 aromatic heterocycles. The third-order valence-corrected chi connectivity index (χ3v) is 4.19. The number of anilines is 1. The van der Waals surface area contributed by atoms with Crippen molar-refractivity contribution < 1.29 is 9.47 Å². The van der Waals surface area contributed by atoms with Crippen LogP contribution >= 0.6 is 39.1 Å². The molecule has 1 N–H and O–H groups in total. The molecule has 23 heavy (non-hydrogen) atoms. The summed E-state index contributed by atoms with van der Waals surface area (Å²) in [5.74, 6) is 1.31. The average Bonchev–Trinajstić information content (AvgIpc) is 2.52. The largest absolute Gasteiger partial charge is 0.493 e. The standard InChI is InChI=1S/C17H16BrCl2NO2/c1-3-6-23-17-13(18)7-11(8-16(17)22-2)10-21-15-5-4-12(19)9-14(15)20/h3-5,7-9,21H,1,6,10H2,2H3. The minimum atomic E-state index is 0.410. The lowest BCUT2D eigenvalue weighted by Crippen LogP contribution is -2.03. The Morgan fingerprint density at radius 2 is 2.04 bits per heavy atom. The zero-order valence-corrected chi connectivity index (χ0v) is 15.6. The number of rotatable bonds is 7. The molecule has 2 aromatic rings. The van der Waals surface area contributed by atoms with Gasteiger partial charge < -0.3 is 14.8 Å². The van der Waals surface area contributed by atoms with Gasteiger partial charge in [0.1, 0.15) is 6.61 Å². The van der Waals surface area contributed by atoms with Gasteiger partial charge in [0.2, 0.25) is 0 Å². The highest BCUT2D eigenvalue weighted by Crippen LogP contribution is 2.37. The molecule has 3 nitrogen and oxygen atoms in total. The highest BCUT2D eigenvalue weighted by Gasteiger charge is 2.11. The molecule has 0 heterocycles. The van der Waals surface area contributed by atoms with Crippen molar-refractivity contribution in [1.82, 2.24) is 0 Å². The molecule has 0 aliphatic carbocycles. The number of nitrogens with one attached hydrogen (secondary N) is 1. The molecule has 0 fully saturated rings. The van der Waals surface area contributed by atoms with Crippen molar-refractivity contribution in [3.63, 3.8) is 0 Å². The second kappa shape index (κ2) is 8.48. The molecule has 0 aliphatic heterocycles. The first kappa shape index (κ1) is 18.0. The summed E-state index contributed by atoms with van der Waals surface area (Å²) >= 11 is 15.6. The first-order valence-corrected chi connectivity index (χ1v) is 8.39. The van der Waals surface area contributed by atoms with Gasteiger partial charge in [-0.05, 0) is 51.8 Å². The highest BCUT2D eigenvalue weighted by molar-refractivity contribution is 9.10. The third kappa shape index (κ3) is 4.80. The minimum absolute atomic E-state index is 0.410. The van der Waals surface area contributed by atoms with E-state index in [0.29, 0.717) is 34.7 Å². The third-order valence-electron chi connectivity index (χ3n) is 3.05. The molecular formula is C17H16BrCl2NO2. The van der Waals surface area contributed by atoms with Gasteiger partial charge >= 0.3 is 0 Å². The smallest absolute Gasteiger partial charge is 0.175 e. The van der Waals surface area contributed by atoms with E-state index in [9.17, 15) is 0 Å². The van der Waals surface area contributed by atoms with E-state index in [4.69, 9.17) is 32.7 Å². The number of ether oxygens (including phenoxy) is 2. The fraction of sp³-hybridized carbons (Fsp3) is 0.176. The lowest BCUT2D eigenvalue weighted by atomic mass is 10.2. The van der Waals surface area contributed by atoms with E-state index >= 15 is 0 Å². The summed E-state index contributed by atoms with van der Waals surface area (Å²) in [6.45, 7) is 4.63. The van der Waals surface area contributed by atoms with Gasteiger partial charge in [-0.1, -0.05) is 35.9 Å². The van der Waals surface area contributed by atoms with Crippen molar-refractivity contribution in [3.05, 3.63) is 63.1 Å². The normalized spacial score (nSPS) is 10.3. The molecule has 0 atom stereocenters. The second-order valence-corrected chi connectivity index (χ2v) is 6.38. The van der Waals surface area contributed by atoms with Crippen LogP contribution in [-0.2, 0) is 6.54 Å². The van der Waals surface area contributed by atoms with Crippen LogP contribution in [0.2, 0.25) is 10.0 Å². The van der Waals surface area contributed by atoms with Crippen LogP contribution in [0.4, 0.5) is 5.69 Å². The first-order valence-electron chi connectivity index (χ1n) is 6.84. The van der Waals surface area contributed by atoms with Crippen molar-refractivity contribution >= 4 is 44.8 Å². The van der Waals surface area contributed by atoms with Gasteiger partial charge in [0.25, 0.3) is 0 Å². The summed E-state index contributed by atoms with van der Waals surface area (Å²) in [6.07, 6.45) is 1.68. The summed E-state index contributed by atoms with van der Waals surface area (Å²) in [6, 6.07) is 9.23. The predicted octanol–water partition coefficient (Wildman–Crippen LogP) is 5.94. The molecule has 0 radical (unpaired) electrons. The Hall–Kier alpha value is -1.36. The van der Waals surface area contributed by atoms with E-state index in [1.165, 1.54) is 0 Å². The van der Waals surface area contributed by atoms with Gasteiger partial charge in [0.15, 0.2) is 11.5 Å². The van der Waals surface area contributed by atoms with Crippen molar-refractivity contribution in [2.75, 3.05) is 19.0 Å². The van der Waals surface area contributed by atoms with E-state index in [2.05, 4.69) is 27.8 Å². The molecular weight excluding hydrogens is 401 g/mol.